The van der Waals surface area contributed by atoms with Crippen LogP contribution in [0.2, 0.25) is 0 Å². The molecular formula is C10H9BrF2N4O. The zero-order chi connectivity index (χ0) is 13.1. The minimum Gasteiger partial charge on any atom is -0.362 e. The number of hydrogen-bond donors (Lipinski definition) is 1. The van der Waals surface area contributed by atoms with E-state index in [1.807, 2.05) is 0 Å². The smallest absolute Gasteiger partial charge is 0.228 e. The summed E-state index contributed by atoms with van der Waals surface area (Å²) in [5, 5.41) is 6.75. The molecule has 0 spiro atoms. The summed E-state index contributed by atoms with van der Waals surface area (Å²) < 4.78 is 32.7. The Kier molecular flexibility index (Phi) is 3.87. The van der Waals surface area contributed by atoms with Gasteiger partial charge in [0.1, 0.15) is 18.4 Å². The third-order valence-corrected chi connectivity index (χ3v) is 2.35. The highest BCUT2D eigenvalue weighted by molar-refractivity contribution is 9.10. The van der Waals surface area contributed by atoms with Gasteiger partial charge in [-0.3, -0.25) is 0 Å². The van der Waals surface area contributed by atoms with Crippen molar-refractivity contribution in [3.05, 3.63) is 34.6 Å². The van der Waals surface area contributed by atoms with E-state index in [0.717, 1.165) is 18.2 Å². The number of hydrogen-bond acceptors (Lipinski definition) is 4. The second kappa shape index (κ2) is 5.40. The van der Waals surface area contributed by atoms with E-state index in [0.29, 0.717) is 10.7 Å². The average Bonchev–Trinajstić information content (AvgIpc) is 2.58. The van der Waals surface area contributed by atoms with Crippen LogP contribution in [0, 0.1) is 11.6 Å². The van der Waals surface area contributed by atoms with Gasteiger partial charge in [-0.05, 0) is 28.1 Å². The predicted octanol–water partition coefficient (Wildman–Crippen LogP) is 2.67. The van der Waals surface area contributed by atoms with E-state index in [2.05, 4.69) is 31.3 Å². The summed E-state index contributed by atoms with van der Waals surface area (Å²) in [5.74, 6) is -1.03. The van der Waals surface area contributed by atoms with Crippen LogP contribution in [-0.2, 0) is 11.5 Å². The molecular weight excluding hydrogens is 310 g/mol. The van der Waals surface area contributed by atoms with E-state index >= 15 is 0 Å². The van der Waals surface area contributed by atoms with E-state index in [-0.39, 0.29) is 12.4 Å². The summed E-state index contributed by atoms with van der Waals surface area (Å²) in [6, 6.07) is 3.10. The van der Waals surface area contributed by atoms with Gasteiger partial charge in [-0.25, -0.2) is 13.5 Å². The van der Waals surface area contributed by atoms with Gasteiger partial charge in [0.2, 0.25) is 10.7 Å². The Morgan fingerprint density at radius 2 is 2.00 bits per heavy atom. The fourth-order valence-electron chi connectivity index (χ4n) is 1.37. The predicted molar refractivity (Wildman–Crippen MR) is 64.4 cm³/mol. The van der Waals surface area contributed by atoms with Crippen molar-refractivity contribution in [1.82, 2.24) is 14.8 Å². The van der Waals surface area contributed by atoms with Gasteiger partial charge >= 0.3 is 0 Å². The van der Waals surface area contributed by atoms with E-state index in [1.54, 1.807) is 0 Å². The molecule has 1 aromatic carbocycles. The van der Waals surface area contributed by atoms with E-state index in [1.165, 1.54) is 11.8 Å². The lowest BCUT2D eigenvalue weighted by molar-refractivity contribution is 0.122. The van der Waals surface area contributed by atoms with Crippen LogP contribution in [0.3, 0.4) is 0 Å². The van der Waals surface area contributed by atoms with E-state index in [9.17, 15) is 8.78 Å². The Hall–Kier alpha value is -1.54. The molecule has 2 rings (SSSR count). The Bertz CT molecular complexity index is 541. The van der Waals surface area contributed by atoms with Crippen molar-refractivity contribution in [2.24, 2.45) is 0 Å². The third-order valence-electron chi connectivity index (χ3n) is 2.02. The number of halogens is 3. The fraction of sp³-hybridized carbons (Fsp3) is 0.200. The lowest BCUT2D eigenvalue weighted by atomic mass is 10.3. The molecule has 0 aliphatic heterocycles. The largest absolute Gasteiger partial charge is 0.362 e. The molecule has 1 aromatic heterocycles. The fourth-order valence-corrected chi connectivity index (χ4v) is 1.73. The molecule has 18 heavy (non-hydrogen) atoms. The minimum absolute atomic E-state index is 0.165. The molecule has 96 valence electrons. The molecule has 1 N–H and O–H groups in total. The van der Waals surface area contributed by atoms with E-state index < -0.39 is 11.6 Å². The highest BCUT2D eigenvalue weighted by atomic mass is 79.9. The molecule has 0 aliphatic rings. The maximum Gasteiger partial charge on any atom is 0.228 e. The van der Waals surface area contributed by atoms with Crippen LogP contribution in [0.1, 0.15) is 0 Å². The molecule has 0 saturated heterocycles. The molecule has 5 nitrogen and oxygen atoms in total. The van der Waals surface area contributed by atoms with Crippen molar-refractivity contribution in [3.63, 3.8) is 0 Å². The van der Waals surface area contributed by atoms with Crippen molar-refractivity contribution in [2.45, 2.75) is 6.73 Å². The monoisotopic (exact) mass is 318 g/mol. The maximum atomic E-state index is 13.0. The molecule has 0 radical (unpaired) electrons. The molecule has 0 amide bonds. The normalized spacial score (nSPS) is 10.7. The molecule has 0 atom stereocenters. The quantitative estimate of drug-likeness (QED) is 0.941. The average molecular weight is 319 g/mol. The summed E-state index contributed by atoms with van der Waals surface area (Å²) in [5.41, 5.74) is 0.241. The lowest BCUT2D eigenvalue weighted by Gasteiger charge is -2.07. The highest BCUT2D eigenvalue weighted by Gasteiger charge is 2.09. The number of aromatic nitrogens is 3. The Balaban J connectivity index is 2.27. The van der Waals surface area contributed by atoms with Crippen LogP contribution in [0.5, 0.6) is 0 Å². The first-order valence-corrected chi connectivity index (χ1v) is 5.70. The van der Waals surface area contributed by atoms with Crippen LogP contribution in [-0.4, -0.2) is 21.9 Å². The zero-order valence-electron chi connectivity index (χ0n) is 9.32. The van der Waals surface area contributed by atoms with Gasteiger partial charge in [-0.2, -0.15) is 4.98 Å². The summed E-state index contributed by atoms with van der Waals surface area (Å²) in [7, 11) is 1.50. The molecule has 0 unspecified atom stereocenters. The topological polar surface area (TPSA) is 52.0 Å². The number of methoxy groups -OCH3 is 1. The van der Waals surface area contributed by atoms with Gasteiger partial charge in [-0.15, -0.1) is 5.10 Å². The van der Waals surface area contributed by atoms with Crippen LogP contribution in [0.4, 0.5) is 20.4 Å². The SMILES string of the molecule is COCn1nc(Br)nc1Nc1cc(F)cc(F)c1. The van der Waals surface area contributed by atoms with Crippen molar-refractivity contribution in [2.75, 3.05) is 12.4 Å². The van der Waals surface area contributed by atoms with Crippen molar-refractivity contribution >= 4 is 27.6 Å². The lowest BCUT2D eigenvalue weighted by Crippen LogP contribution is -2.07. The minimum atomic E-state index is -0.672. The van der Waals surface area contributed by atoms with Crippen molar-refractivity contribution in [1.29, 1.82) is 0 Å². The van der Waals surface area contributed by atoms with Crippen LogP contribution in [0.15, 0.2) is 22.9 Å². The van der Waals surface area contributed by atoms with Gasteiger partial charge in [0, 0.05) is 18.9 Å². The second-order valence-corrected chi connectivity index (χ2v) is 4.11. The zero-order valence-corrected chi connectivity index (χ0v) is 10.9. The van der Waals surface area contributed by atoms with Gasteiger partial charge in [0.15, 0.2) is 0 Å². The Morgan fingerprint density at radius 1 is 1.33 bits per heavy atom. The van der Waals surface area contributed by atoms with Crippen molar-refractivity contribution < 1.29 is 13.5 Å². The molecule has 8 heteroatoms. The van der Waals surface area contributed by atoms with Crippen molar-refractivity contribution in [3.8, 4) is 0 Å². The first-order valence-electron chi connectivity index (χ1n) is 4.91. The maximum absolute atomic E-state index is 13.0. The van der Waals surface area contributed by atoms with Crippen LogP contribution < -0.4 is 5.32 Å². The standard InChI is InChI=1S/C10H9BrF2N4O/c1-18-5-17-10(15-9(11)16-17)14-8-3-6(12)2-7(13)4-8/h2-4H,5H2,1H3,(H,14,15,16). The second-order valence-electron chi connectivity index (χ2n) is 3.40. The van der Waals surface area contributed by atoms with Gasteiger partial charge in [0.25, 0.3) is 0 Å². The van der Waals surface area contributed by atoms with E-state index in [4.69, 9.17) is 4.74 Å². The summed E-state index contributed by atoms with van der Waals surface area (Å²) >= 11 is 3.11. The summed E-state index contributed by atoms with van der Waals surface area (Å²) in [4.78, 5) is 4.02. The first-order chi connectivity index (χ1) is 8.58. The highest BCUT2D eigenvalue weighted by Crippen LogP contribution is 2.19. The number of benzene rings is 1. The molecule has 2 aromatic rings. The summed E-state index contributed by atoms with van der Waals surface area (Å²) in [6.07, 6.45) is 0. The first kappa shape index (κ1) is 12.9. The van der Waals surface area contributed by atoms with Crippen LogP contribution in [0.25, 0.3) is 0 Å². The van der Waals surface area contributed by atoms with Gasteiger partial charge in [0.05, 0.1) is 0 Å². The Morgan fingerprint density at radius 3 is 2.61 bits per heavy atom. The number of rotatable bonds is 4. The Labute approximate surface area is 110 Å². The van der Waals surface area contributed by atoms with Gasteiger partial charge in [-0.1, -0.05) is 0 Å². The summed E-state index contributed by atoms with van der Waals surface area (Å²) in [6.45, 7) is 0.165. The number of nitrogens with one attached hydrogen (secondary N) is 1. The molecule has 0 fully saturated rings. The number of nitrogens with zero attached hydrogens (tertiary/aromatic N) is 3. The molecule has 0 bridgehead atoms. The number of anilines is 2. The molecule has 0 aliphatic carbocycles. The molecule has 0 saturated carbocycles. The third kappa shape index (κ3) is 3.02. The van der Waals surface area contributed by atoms with Crippen LogP contribution >= 0.6 is 15.9 Å². The van der Waals surface area contributed by atoms with Gasteiger partial charge < -0.3 is 10.1 Å². The molecule has 1 heterocycles. The number of ether oxygens (including phenoxy) is 1.